The fourth-order valence-electron chi connectivity index (χ4n) is 19.7. The number of nitrogens with one attached hydrogen (secondary N) is 4. The highest BCUT2D eigenvalue weighted by atomic mass is 28.3. The van der Waals surface area contributed by atoms with Crippen molar-refractivity contribution in [2.45, 2.75) is 247 Å². The van der Waals surface area contributed by atoms with Crippen LogP contribution in [0.5, 0.6) is 0 Å². The predicted molar refractivity (Wildman–Crippen MR) is 583 cm³/mol. The second kappa shape index (κ2) is 46.3. The zero-order chi connectivity index (χ0) is 95.3. The summed E-state index contributed by atoms with van der Waals surface area (Å²) < 4.78 is 0. The molecule has 0 saturated heterocycles. The van der Waals surface area contributed by atoms with Crippen LogP contribution in [0.4, 0.5) is 17.1 Å². The summed E-state index contributed by atoms with van der Waals surface area (Å²) in [5, 5.41) is 24.6. The molecule has 4 unspecified atom stereocenters. The summed E-state index contributed by atoms with van der Waals surface area (Å²) in [7, 11) is -5.71. The third-order valence-corrected chi connectivity index (χ3v) is 39.6. The molecule has 0 aliphatic rings. The van der Waals surface area contributed by atoms with E-state index in [9.17, 15) is 0 Å². The van der Waals surface area contributed by atoms with E-state index in [2.05, 4.69) is 538 Å². The summed E-state index contributed by atoms with van der Waals surface area (Å²) in [6.07, 6.45) is 0. The second-order valence-corrected chi connectivity index (χ2v) is 55.1. The minimum atomic E-state index is -2.34. The van der Waals surface area contributed by atoms with Gasteiger partial charge in [0.25, 0.3) is 0 Å². The van der Waals surface area contributed by atoms with E-state index in [0.29, 0.717) is 58.2 Å². The molecule has 0 radical (unpaired) electrons. The molecule has 11 heteroatoms. The number of pyridine rings is 4. The van der Waals surface area contributed by atoms with Gasteiger partial charge in [-0.25, -0.2) is 0 Å². The Bertz CT molecular complexity index is 6000. The molecular formula is C122H148N8Si3. The van der Waals surface area contributed by atoms with Crippen LogP contribution in [0.3, 0.4) is 0 Å². The third kappa shape index (κ3) is 24.3. The van der Waals surface area contributed by atoms with E-state index in [0.717, 1.165) is 28.5 Å². The van der Waals surface area contributed by atoms with E-state index < -0.39 is 24.2 Å². The van der Waals surface area contributed by atoms with Gasteiger partial charge < -0.3 is 21.3 Å². The lowest BCUT2D eigenvalue weighted by Gasteiger charge is -2.42. The van der Waals surface area contributed by atoms with Gasteiger partial charge >= 0.3 is 0 Å². The molecule has 0 bridgehead atoms. The molecule has 0 spiro atoms. The van der Waals surface area contributed by atoms with Crippen molar-refractivity contribution < 1.29 is 0 Å². The lowest BCUT2D eigenvalue weighted by molar-refractivity contribution is 0.520. The molecule has 0 fully saturated rings. The molecule has 15 aromatic rings. The average molecular weight is 1810 g/mol. The van der Waals surface area contributed by atoms with E-state index in [1.165, 1.54) is 115 Å². The predicted octanol–water partition coefficient (Wildman–Crippen LogP) is 30.1. The minimum absolute atomic E-state index is 0.0123. The van der Waals surface area contributed by atoms with Crippen LogP contribution in [0.2, 0.25) is 42.8 Å². The van der Waals surface area contributed by atoms with Crippen molar-refractivity contribution in [1.29, 1.82) is 0 Å². The van der Waals surface area contributed by atoms with Gasteiger partial charge in [0, 0.05) is 44.6 Å². The Kier molecular flexibility index (Phi) is 34.9. The first-order valence-corrected chi connectivity index (χ1v) is 57.2. The standard InChI is InChI=1S/C37H40N2Si.C33H48N2Si.C27H36N2Si.C25H24N2/c1-27(2)32-23-15-24-33(28(3)4)37(32)39-36(29-17-9-6-10-18-29)34-25-16-26-35(38-34)40(5,30-19-11-7-12-20-30)31-21-13-8-14-22-31;1-22(2)28-18-14-19-29(23(3)4)33(28)35-32(27-16-12-11-13-17-27)30-20-15-21-31(34-30)36(24(5)6,25(7)8)26(9)10;1-19(2)22-15-11-16-23(20(3)4)27(22)29-26(21-13-9-8-10-14-21)24-17-12-18-25(28-24)30(5,6)7;1-18(2)26-25(20-11-4-3-5-12-20)24-17-9-16-23(27-24)22-15-8-13-19-10-6-7-14-21(19)22/h6-28,36,39H,1-5H3;11-26,32,35H,1-10H3;8-20,26,29H,1-7H3;3-18,25-26H,1-2H3. The van der Waals surface area contributed by atoms with Crippen LogP contribution in [0.25, 0.3) is 22.0 Å². The number of fused-ring (bicyclic) bond motifs is 1. The van der Waals surface area contributed by atoms with E-state index >= 15 is 0 Å². The fourth-order valence-corrected chi connectivity index (χ4v) is 30.7. The molecule has 8 nitrogen and oxygen atoms in total. The van der Waals surface area contributed by atoms with Gasteiger partial charge in [0.05, 0.1) is 52.6 Å². The number of nitrogens with zero attached hydrogens (tertiary/aromatic N) is 4. The topological polar surface area (TPSA) is 99.7 Å². The van der Waals surface area contributed by atoms with Crippen LogP contribution in [-0.4, -0.2) is 50.2 Å². The van der Waals surface area contributed by atoms with Gasteiger partial charge in [-0.1, -0.05) is 454 Å². The molecule has 4 atom stereocenters. The Morgan fingerprint density at radius 1 is 0.233 bits per heavy atom. The number of hydrogen-bond donors (Lipinski definition) is 4. The first kappa shape index (κ1) is 100. The number of para-hydroxylation sites is 3. The molecule has 0 aliphatic carbocycles. The first-order valence-electron chi connectivity index (χ1n) is 48.9. The largest absolute Gasteiger partial charge is 0.372 e. The zero-order valence-corrected chi connectivity index (χ0v) is 86.9. The molecule has 15 rings (SSSR count). The van der Waals surface area contributed by atoms with Gasteiger partial charge in [-0.05, 0) is 191 Å². The SMILES string of the molecule is CC(C)NC(c1ccccc1)c1cccc(-c2cccc3ccccc23)n1.CC(C)c1cccc(C(C)C)c1NC(c1ccccc1)c1cccc([Si](C(C)C)(C(C)C)C(C)C)n1.CC(C)c1cccc(C(C)C)c1NC(c1ccccc1)c1cccc([Si](C)(C)C)n1.CC(C)c1cccc(C(C)C)c1NC(c1ccccc1)c1cccc([Si](C)(c2ccccc2)c2ccccc2)n1. The van der Waals surface area contributed by atoms with Crippen LogP contribution in [0.1, 0.15) is 277 Å². The molecule has 4 N–H and O–H groups in total. The Labute approximate surface area is 802 Å². The summed E-state index contributed by atoms with van der Waals surface area (Å²) >= 11 is 0. The molecule has 4 aromatic heterocycles. The summed E-state index contributed by atoms with van der Waals surface area (Å²) in [6.45, 7) is 55.7. The van der Waals surface area contributed by atoms with E-state index in [1.54, 1.807) is 0 Å². The lowest BCUT2D eigenvalue weighted by Crippen LogP contribution is -2.65. The molecule has 133 heavy (non-hydrogen) atoms. The highest BCUT2D eigenvalue weighted by Gasteiger charge is 2.46. The number of anilines is 3. The molecule has 688 valence electrons. The van der Waals surface area contributed by atoms with Gasteiger partial charge in [0.2, 0.25) is 0 Å². The van der Waals surface area contributed by atoms with Crippen LogP contribution < -0.4 is 47.6 Å². The van der Waals surface area contributed by atoms with Gasteiger partial charge in [0.15, 0.2) is 8.07 Å². The maximum atomic E-state index is 5.53. The highest BCUT2D eigenvalue weighted by Crippen LogP contribution is 2.44. The van der Waals surface area contributed by atoms with Crippen LogP contribution >= 0.6 is 0 Å². The van der Waals surface area contributed by atoms with Crippen LogP contribution in [0, 0.1) is 0 Å². The average Bonchev–Trinajstić information content (AvgIpc) is 0.759. The van der Waals surface area contributed by atoms with E-state index in [4.69, 9.17) is 19.9 Å². The van der Waals surface area contributed by atoms with Gasteiger partial charge in [0.1, 0.15) is 16.1 Å². The van der Waals surface area contributed by atoms with Gasteiger partial charge in [-0.2, -0.15) is 0 Å². The molecule has 4 heterocycles. The first-order chi connectivity index (χ1) is 63.8. The minimum Gasteiger partial charge on any atom is -0.372 e. The van der Waals surface area contributed by atoms with Gasteiger partial charge in [-0.3, -0.25) is 19.9 Å². The molecule has 0 saturated carbocycles. The van der Waals surface area contributed by atoms with Crippen molar-refractivity contribution >= 4 is 78.4 Å². The quantitative estimate of drug-likeness (QED) is 0.0319. The van der Waals surface area contributed by atoms with Crippen LogP contribution in [-0.2, 0) is 0 Å². The number of aromatic nitrogens is 4. The van der Waals surface area contributed by atoms with E-state index in [-0.39, 0.29) is 24.2 Å². The molecule has 11 aromatic carbocycles. The van der Waals surface area contributed by atoms with Crippen molar-refractivity contribution in [2.24, 2.45) is 0 Å². The summed E-state index contributed by atoms with van der Waals surface area (Å²) in [5.74, 6) is 2.58. The van der Waals surface area contributed by atoms with Gasteiger partial charge in [-0.15, -0.1) is 0 Å². The Hall–Kier alpha value is -11.7. The zero-order valence-electron chi connectivity index (χ0n) is 83.9. The number of hydrogen-bond acceptors (Lipinski definition) is 8. The third-order valence-electron chi connectivity index (χ3n) is 26.6. The monoisotopic (exact) mass is 1810 g/mol. The smallest absolute Gasteiger partial charge is 0.168 e. The number of rotatable bonds is 31. The van der Waals surface area contributed by atoms with Crippen molar-refractivity contribution in [1.82, 2.24) is 25.3 Å². The van der Waals surface area contributed by atoms with Crippen LogP contribution in [0.15, 0.2) is 352 Å². The Morgan fingerprint density at radius 2 is 0.504 bits per heavy atom. The summed E-state index contributed by atoms with van der Waals surface area (Å²) in [4.78, 5) is 21.3. The molecular weight excluding hydrogens is 1660 g/mol. The maximum absolute atomic E-state index is 5.53. The Balaban J connectivity index is 0.000000162. The maximum Gasteiger partial charge on any atom is 0.168 e. The van der Waals surface area contributed by atoms with Crippen molar-refractivity contribution in [3.8, 4) is 11.3 Å². The summed E-state index contributed by atoms with van der Waals surface area (Å²) in [5.41, 5.74) is 25.2. The lowest BCUT2D eigenvalue weighted by atomic mass is 9.91. The molecule has 0 aliphatic heterocycles. The van der Waals surface area contributed by atoms with E-state index in [1.807, 2.05) is 0 Å². The summed E-state index contributed by atoms with van der Waals surface area (Å²) in [6, 6.07) is 126. The van der Waals surface area contributed by atoms with Crippen molar-refractivity contribution in [3.05, 3.63) is 430 Å². The fraction of sp³-hybridized carbons (Fsp3) is 0.311. The van der Waals surface area contributed by atoms with Crippen molar-refractivity contribution in [2.75, 3.05) is 16.0 Å². The normalized spacial score (nSPS) is 12.8. The Morgan fingerprint density at radius 3 is 0.842 bits per heavy atom. The molecule has 0 amide bonds. The highest BCUT2D eigenvalue weighted by molar-refractivity contribution is 7.10. The number of benzene rings is 11. The second-order valence-electron chi connectivity index (χ2n) is 40.3. The van der Waals surface area contributed by atoms with Crippen molar-refractivity contribution in [3.63, 3.8) is 0 Å².